The van der Waals surface area contributed by atoms with Crippen molar-refractivity contribution in [2.24, 2.45) is 0 Å². The van der Waals surface area contributed by atoms with Gasteiger partial charge in [0.1, 0.15) is 5.75 Å². The lowest BCUT2D eigenvalue weighted by atomic mass is 10.2. The van der Waals surface area contributed by atoms with Crippen molar-refractivity contribution in [3.63, 3.8) is 0 Å². The van der Waals surface area contributed by atoms with Crippen LogP contribution in [0.15, 0.2) is 64.2 Å². The van der Waals surface area contributed by atoms with Crippen molar-refractivity contribution in [2.45, 2.75) is 45.2 Å². The molecule has 0 fully saturated rings. The van der Waals surface area contributed by atoms with Crippen molar-refractivity contribution >= 4 is 17.7 Å². The van der Waals surface area contributed by atoms with Gasteiger partial charge in [-0.3, -0.25) is 4.79 Å². The molecule has 1 amide bonds. The van der Waals surface area contributed by atoms with E-state index in [1.54, 1.807) is 0 Å². The lowest BCUT2D eigenvalue weighted by Gasteiger charge is -2.26. The number of carbonyl (C=O) groups is 1. The molecule has 1 aromatic heterocycles. The molecule has 0 atom stereocenters. The number of aromatic nitrogens is 2. The van der Waals surface area contributed by atoms with Crippen LogP contribution in [0.2, 0.25) is 0 Å². The van der Waals surface area contributed by atoms with Gasteiger partial charge >= 0.3 is 0 Å². The van der Waals surface area contributed by atoms with Gasteiger partial charge in [-0.1, -0.05) is 54.2 Å². The van der Waals surface area contributed by atoms with E-state index < -0.39 is 0 Å². The van der Waals surface area contributed by atoms with E-state index in [0.717, 1.165) is 16.9 Å². The number of amides is 1. The molecule has 3 aromatic rings. The Balaban J connectivity index is 1.51. The smallest absolute Gasteiger partial charge is 0.277 e. The van der Waals surface area contributed by atoms with E-state index in [0.29, 0.717) is 17.7 Å². The molecule has 0 bridgehead atoms. The van der Waals surface area contributed by atoms with E-state index in [2.05, 4.69) is 10.2 Å². The van der Waals surface area contributed by atoms with Crippen molar-refractivity contribution in [1.82, 2.24) is 15.1 Å². The quantitative estimate of drug-likeness (QED) is 0.484. The maximum atomic E-state index is 12.7. The molecule has 0 aliphatic heterocycles. The van der Waals surface area contributed by atoms with Crippen molar-refractivity contribution in [3.8, 4) is 5.75 Å². The van der Waals surface area contributed by atoms with Crippen LogP contribution in [0.4, 0.5) is 0 Å². The molecule has 7 heteroatoms. The predicted octanol–water partition coefficient (Wildman–Crippen LogP) is 4.49. The molecule has 0 radical (unpaired) electrons. The minimum absolute atomic E-state index is 0.0320. The second-order valence-electron chi connectivity index (χ2n) is 6.96. The van der Waals surface area contributed by atoms with Gasteiger partial charge in [0.25, 0.3) is 11.1 Å². The number of thioether (sulfide) groups is 1. The molecular weight excluding hydrogens is 386 g/mol. The van der Waals surface area contributed by atoms with Gasteiger partial charge in [-0.2, -0.15) is 0 Å². The third kappa shape index (κ3) is 6.35. The van der Waals surface area contributed by atoms with Crippen LogP contribution in [0.5, 0.6) is 5.75 Å². The highest BCUT2D eigenvalue weighted by Gasteiger charge is 2.19. The van der Waals surface area contributed by atoms with Gasteiger partial charge in [-0.15, -0.1) is 10.2 Å². The monoisotopic (exact) mass is 411 g/mol. The zero-order valence-corrected chi connectivity index (χ0v) is 17.7. The van der Waals surface area contributed by atoms with Crippen molar-refractivity contribution in [1.29, 1.82) is 0 Å². The molecule has 0 saturated heterocycles. The standard InChI is InChI=1S/C22H25N3O3S/c1-16(2)25(13-18-9-5-4-6-10-18)21(26)15-29-22-24-23-20(28-22)14-27-19-11-7-8-17(3)12-19/h4-12,16H,13-15H2,1-3H3. The highest BCUT2D eigenvalue weighted by Crippen LogP contribution is 2.20. The third-order valence-electron chi connectivity index (χ3n) is 4.26. The Morgan fingerprint density at radius 2 is 1.93 bits per heavy atom. The van der Waals surface area contributed by atoms with Gasteiger partial charge in [-0.05, 0) is 44.0 Å². The maximum absolute atomic E-state index is 12.7. The SMILES string of the molecule is Cc1cccc(OCc2nnc(SCC(=O)N(Cc3ccccc3)C(C)C)o2)c1. The van der Waals surface area contributed by atoms with Crippen LogP contribution in [0.25, 0.3) is 0 Å². The van der Waals surface area contributed by atoms with E-state index in [1.165, 1.54) is 11.8 Å². The summed E-state index contributed by atoms with van der Waals surface area (Å²) in [5.41, 5.74) is 2.22. The number of benzene rings is 2. The highest BCUT2D eigenvalue weighted by molar-refractivity contribution is 7.99. The van der Waals surface area contributed by atoms with Gasteiger partial charge in [0.15, 0.2) is 6.61 Å². The first-order valence-corrected chi connectivity index (χ1v) is 10.5. The minimum Gasteiger partial charge on any atom is -0.484 e. The Morgan fingerprint density at radius 3 is 2.66 bits per heavy atom. The van der Waals surface area contributed by atoms with Gasteiger partial charge in [0.05, 0.1) is 5.75 Å². The molecular formula is C22H25N3O3S. The van der Waals surface area contributed by atoms with Crippen molar-refractivity contribution in [2.75, 3.05) is 5.75 Å². The molecule has 29 heavy (non-hydrogen) atoms. The molecule has 6 nitrogen and oxygen atoms in total. The third-order valence-corrected chi connectivity index (χ3v) is 5.06. The first kappa shape index (κ1) is 20.9. The van der Waals surface area contributed by atoms with Crippen LogP contribution in [0.1, 0.15) is 30.9 Å². The zero-order valence-electron chi connectivity index (χ0n) is 16.9. The summed E-state index contributed by atoms with van der Waals surface area (Å²) < 4.78 is 11.3. The summed E-state index contributed by atoms with van der Waals surface area (Å²) in [5, 5.41) is 8.36. The molecule has 3 rings (SSSR count). The summed E-state index contributed by atoms with van der Waals surface area (Å²) in [6.07, 6.45) is 0. The molecule has 0 spiro atoms. The topological polar surface area (TPSA) is 68.5 Å². The van der Waals surface area contributed by atoms with Crippen LogP contribution in [-0.2, 0) is 17.9 Å². The van der Waals surface area contributed by atoms with Crippen LogP contribution >= 0.6 is 11.8 Å². The number of hydrogen-bond acceptors (Lipinski definition) is 6. The van der Waals surface area contributed by atoms with Crippen LogP contribution in [0.3, 0.4) is 0 Å². The Kier molecular flexibility index (Phi) is 7.30. The van der Waals surface area contributed by atoms with Gasteiger partial charge in [-0.25, -0.2) is 0 Å². The van der Waals surface area contributed by atoms with E-state index >= 15 is 0 Å². The fraction of sp³-hybridized carbons (Fsp3) is 0.318. The average molecular weight is 412 g/mol. The first-order valence-electron chi connectivity index (χ1n) is 9.49. The Hall–Kier alpha value is -2.80. The molecule has 1 heterocycles. The van der Waals surface area contributed by atoms with Crippen molar-refractivity contribution in [3.05, 3.63) is 71.6 Å². The Labute approximate surface area is 175 Å². The number of nitrogens with zero attached hydrogens (tertiary/aromatic N) is 3. The molecule has 2 aromatic carbocycles. The predicted molar refractivity (Wildman–Crippen MR) is 113 cm³/mol. The molecule has 0 aliphatic rings. The second kappa shape index (κ2) is 10.1. The minimum atomic E-state index is 0.0320. The van der Waals surface area contributed by atoms with Gasteiger partial charge < -0.3 is 14.1 Å². The molecule has 0 unspecified atom stereocenters. The Bertz CT molecular complexity index is 928. The fourth-order valence-electron chi connectivity index (χ4n) is 2.75. The van der Waals surface area contributed by atoms with Crippen LogP contribution in [0, 0.1) is 6.92 Å². The van der Waals surface area contributed by atoms with E-state index in [-0.39, 0.29) is 24.3 Å². The van der Waals surface area contributed by atoms with Crippen LogP contribution < -0.4 is 4.74 Å². The summed E-state index contributed by atoms with van der Waals surface area (Å²) in [5.74, 6) is 1.41. The summed E-state index contributed by atoms with van der Waals surface area (Å²) in [7, 11) is 0. The average Bonchev–Trinajstić information content (AvgIpc) is 3.17. The fourth-order valence-corrected chi connectivity index (χ4v) is 3.42. The zero-order chi connectivity index (χ0) is 20.6. The first-order chi connectivity index (χ1) is 14.0. The Morgan fingerprint density at radius 1 is 1.14 bits per heavy atom. The largest absolute Gasteiger partial charge is 0.484 e. The summed E-state index contributed by atoms with van der Waals surface area (Å²) in [6.45, 7) is 6.80. The number of aryl methyl sites for hydroxylation is 1. The number of ether oxygens (including phenoxy) is 1. The molecule has 0 aliphatic carbocycles. The summed E-state index contributed by atoms with van der Waals surface area (Å²) in [4.78, 5) is 14.6. The lowest BCUT2D eigenvalue weighted by Crippen LogP contribution is -2.37. The second-order valence-corrected chi connectivity index (χ2v) is 7.88. The summed E-state index contributed by atoms with van der Waals surface area (Å²) >= 11 is 1.24. The van der Waals surface area contributed by atoms with E-state index in [4.69, 9.17) is 9.15 Å². The van der Waals surface area contributed by atoms with Gasteiger partial charge in [0, 0.05) is 12.6 Å². The van der Waals surface area contributed by atoms with E-state index in [1.807, 2.05) is 80.3 Å². The maximum Gasteiger partial charge on any atom is 0.277 e. The van der Waals surface area contributed by atoms with Crippen LogP contribution in [-0.4, -0.2) is 32.8 Å². The molecule has 0 saturated carbocycles. The number of rotatable bonds is 9. The van der Waals surface area contributed by atoms with Crippen molar-refractivity contribution < 1.29 is 13.9 Å². The molecule has 0 N–H and O–H groups in total. The van der Waals surface area contributed by atoms with Gasteiger partial charge in [0.2, 0.25) is 5.91 Å². The number of carbonyl (C=O) groups excluding carboxylic acids is 1. The lowest BCUT2D eigenvalue weighted by molar-refractivity contribution is -0.130. The normalized spacial score (nSPS) is 10.9. The van der Waals surface area contributed by atoms with E-state index in [9.17, 15) is 4.79 Å². The highest BCUT2D eigenvalue weighted by atomic mass is 32.2. The number of hydrogen-bond donors (Lipinski definition) is 0. The molecule has 152 valence electrons. The summed E-state index contributed by atoms with van der Waals surface area (Å²) in [6, 6.07) is 17.8.